The molecule has 2 bridgehead atoms. The second kappa shape index (κ2) is 8.46. The number of benzene rings is 2. The van der Waals surface area contributed by atoms with Gasteiger partial charge in [0.05, 0.1) is 5.75 Å². The van der Waals surface area contributed by atoms with Gasteiger partial charge in [0.15, 0.2) is 0 Å². The van der Waals surface area contributed by atoms with E-state index in [1.807, 2.05) is 47.4 Å². The van der Waals surface area contributed by atoms with Crippen LogP contribution in [0.2, 0.25) is 0 Å². The van der Waals surface area contributed by atoms with Gasteiger partial charge in [0.2, 0.25) is 5.91 Å². The number of hydrogen-bond donors (Lipinski definition) is 1. The van der Waals surface area contributed by atoms with Crippen molar-refractivity contribution in [3.8, 4) is 0 Å². The van der Waals surface area contributed by atoms with Gasteiger partial charge in [-0.1, -0.05) is 48.9 Å². The van der Waals surface area contributed by atoms with Gasteiger partial charge in [-0.2, -0.15) is 0 Å². The van der Waals surface area contributed by atoms with Gasteiger partial charge in [-0.05, 0) is 60.8 Å². The number of rotatable bonds is 6. The zero-order valence-electron chi connectivity index (χ0n) is 17.1. The molecule has 2 amide bonds. The summed E-state index contributed by atoms with van der Waals surface area (Å²) in [6.07, 6.45) is 5.89. The Labute approximate surface area is 182 Å². The maximum Gasteiger partial charge on any atom is 0.251 e. The Morgan fingerprint density at radius 2 is 1.83 bits per heavy atom. The largest absolute Gasteiger partial charge is 0.349 e. The van der Waals surface area contributed by atoms with E-state index >= 15 is 0 Å². The summed E-state index contributed by atoms with van der Waals surface area (Å²) >= 11 is 1.67. The molecule has 5 heteroatoms. The predicted octanol–water partition coefficient (Wildman–Crippen LogP) is 4.42. The minimum atomic E-state index is 0.0314. The number of thioether (sulfide) groups is 1. The van der Waals surface area contributed by atoms with Gasteiger partial charge < -0.3 is 10.2 Å². The lowest BCUT2D eigenvalue weighted by atomic mass is 9.95. The van der Waals surface area contributed by atoms with Gasteiger partial charge in [0.1, 0.15) is 5.37 Å². The van der Waals surface area contributed by atoms with E-state index in [9.17, 15) is 9.59 Å². The molecule has 2 aromatic rings. The minimum Gasteiger partial charge on any atom is -0.349 e. The Bertz CT molecular complexity index is 915. The number of amides is 2. The molecular weight excluding hydrogens is 392 g/mol. The lowest BCUT2D eigenvalue weighted by molar-refractivity contribution is -0.128. The van der Waals surface area contributed by atoms with Crippen molar-refractivity contribution >= 4 is 23.6 Å². The molecule has 0 radical (unpaired) electrons. The fourth-order valence-electron chi connectivity index (χ4n) is 5.34. The molecule has 2 saturated carbocycles. The number of carbonyl (C=O) groups excluding carboxylic acids is 2. The average molecular weight is 421 g/mol. The van der Waals surface area contributed by atoms with E-state index in [2.05, 4.69) is 17.4 Å². The van der Waals surface area contributed by atoms with Gasteiger partial charge in [-0.15, -0.1) is 11.8 Å². The van der Waals surface area contributed by atoms with Crippen LogP contribution in [0.15, 0.2) is 54.6 Å². The van der Waals surface area contributed by atoms with Crippen molar-refractivity contribution in [2.45, 2.75) is 43.5 Å². The molecule has 1 aliphatic heterocycles. The van der Waals surface area contributed by atoms with Crippen LogP contribution < -0.4 is 5.32 Å². The first-order chi connectivity index (χ1) is 14.7. The lowest BCUT2D eigenvalue weighted by Crippen LogP contribution is -2.38. The van der Waals surface area contributed by atoms with Crippen molar-refractivity contribution < 1.29 is 9.59 Å². The highest BCUT2D eigenvalue weighted by molar-refractivity contribution is 8.00. The Morgan fingerprint density at radius 1 is 1.03 bits per heavy atom. The summed E-state index contributed by atoms with van der Waals surface area (Å²) in [5, 5.41) is 3.29. The van der Waals surface area contributed by atoms with E-state index in [4.69, 9.17) is 0 Å². The summed E-state index contributed by atoms with van der Waals surface area (Å²) in [5.41, 5.74) is 3.05. The van der Waals surface area contributed by atoms with E-state index in [0.717, 1.165) is 24.3 Å². The third kappa shape index (κ3) is 4.00. The number of nitrogens with one attached hydrogen (secondary N) is 1. The highest BCUT2D eigenvalue weighted by Gasteiger charge is 2.40. The molecule has 1 N–H and O–H groups in total. The molecule has 4 nitrogen and oxygen atoms in total. The summed E-state index contributed by atoms with van der Waals surface area (Å²) in [5.74, 6) is 2.25. The molecule has 3 fully saturated rings. The molecule has 1 saturated heterocycles. The van der Waals surface area contributed by atoms with Gasteiger partial charge in [0.25, 0.3) is 5.91 Å². The predicted molar refractivity (Wildman–Crippen MR) is 120 cm³/mol. The van der Waals surface area contributed by atoms with Crippen molar-refractivity contribution in [1.29, 1.82) is 0 Å². The molecule has 2 aromatic carbocycles. The van der Waals surface area contributed by atoms with Crippen LogP contribution >= 0.6 is 11.8 Å². The maximum absolute atomic E-state index is 12.7. The smallest absolute Gasteiger partial charge is 0.251 e. The van der Waals surface area contributed by atoms with Crippen molar-refractivity contribution in [2.24, 2.45) is 11.8 Å². The van der Waals surface area contributed by atoms with Crippen LogP contribution in [-0.4, -0.2) is 35.1 Å². The van der Waals surface area contributed by atoms with Crippen LogP contribution in [0.25, 0.3) is 0 Å². The molecule has 3 aliphatic rings. The third-order valence-corrected chi connectivity index (χ3v) is 8.22. The number of fused-ring (bicyclic) bond motifs is 2. The monoisotopic (exact) mass is 420 g/mol. The first-order valence-corrected chi connectivity index (χ1v) is 12.1. The third-order valence-electron chi connectivity index (χ3n) is 6.96. The van der Waals surface area contributed by atoms with E-state index in [0.29, 0.717) is 29.8 Å². The van der Waals surface area contributed by atoms with Crippen molar-refractivity contribution in [1.82, 2.24) is 10.2 Å². The normalized spacial score (nSPS) is 27.6. The molecule has 2 aliphatic carbocycles. The fraction of sp³-hybridized carbons (Fsp3) is 0.440. The average Bonchev–Trinajstić information content (AvgIpc) is 3.49. The fourth-order valence-corrected chi connectivity index (χ4v) is 6.56. The summed E-state index contributed by atoms with van der Waals surface area (Å²) in [6, 6.07) is 18.5. The van der Waals surface area contributed by atoms with Crippen LogP contribution in [0.1, 0.15) is 52.5 Å². The lowest BCUT2D eigenvalue weighted by Gasteiger charge is -2.25. The van der Waals surface area contributed by atoms with E-state index in [1.54, 1.807) is 11.8 Å². The maximum atomic E-state index is 12.7. The summed E-state index contributed by atoms with van der Waals surface area (Å²) < 4.78 is 0. The van der Waals surface area contributed by atoms with Crippen LogP contribution in [0.4, 0.5) is 0 Å². The second-order valence-corrected chi connectivity index (χ2v) is 9.93. The molecule has 4 atom stereocenters. The molecule has 5 rings (SSSR count). The van der Waals surface area contributed by atoms with Crippen molar-refractivity contribution in [3.05, 3.63) is 71.3 Å². The number of carbonyl (C=O) groups is 2. The van der Waals surface area contributed by atoms with Crippen LogP contribution in [0.3, 0.4) is 0 Å². The second-order valence-electron chi connectivity index (χ2n) is 8.86. The van der Waals surface area contributed by atoms with Gasteiger partial charge in [-0.3, -0.25) is 9.59 Å². The van der Waals surface area contributed by atoms with E-state index in [1.165, 1.54) is 24.8 Å². The first-order valence-electron chi connectivity index (χ1n) is 11.0. The minimum absolute atomic E-state index is 0.0314. The van der Waals surface area contributed by atoms with Crippen LogP contribution in [-0.2, 0) is 11.2 Å². The quantitative estimate of drug-likeness (QED) is 0.753. The van der Waals surface area contributed by atoms with Crippen LogP contribution in [0, 0.1) is 11.8 Å². The van der Waals surface area contributed by atoms with Gasteiger partial charge in [0, 0.05) is 18.2 Å². The number of nitrogens with zero attached hydrogens (tertiary/aromatic N) is 1. The summed E-state index contributed by atoms with van der Waals surface area (Å²) in [7, 11) is 0. The van der Waals surface area contributed by atoms with E-state index < -0.39 is 0 Å². The van der Waals surface area contributed by atoms with Crippen molar-refractivity contribution in [2.75, 3.05) is 12.3 Å². The zero-order chi connectivity index (χ0) is 20.5. The molecule has 0 spiro atoms. The molecular formula is C25H28N2O2S. The Balaban J connectivity index is 1.22. The Morgan fingerprint density at radius 3 is 2.53 bits per heavy atom. The van der Waals surface area contributed by atoms with Crippen molar-refractivity contribution in [3.63, 3.8) is 0 Å². The standard InChI is InChI=1S/C25H28N2O2S/c28-23-16-30-25(27(23)13-12-17-4-2-1-3-5-17)20-10-8-19(9-11-20)24(29)26-22-15-18-6-7-21(22)14-18/h1-5,8-11,18,21-22,25H,6-7,12-16H2,(H,26,29)/t18-,21+,22-,25?/m1/s1. The first kappa shape index (κ1) is 19.7. The molecule has 30 heavy (non-hydrogen) atoms. The number of hydrogen-bond acceptors (Lipinski definition) is 3. The van der Waals surface area contributed by atoms with Gasteiger partial charge >= 0.3 is 0 Å². The van der Waals surface area contributed by atoms with Crippen LogP contribution in [0.5, 0.6) is 0 Å². The highest BCUT2D eigenvalue weighted by Crippen LogP contribution is 2.44. The Hall–Kier alpha value is -2.27. The van der Waals surface area contributed by atoms with Gasteiger partial charge in [-0.25, -0.2) is 0 Å². The molecule has 1 heterocycles. The SMILES string of the molecule is O=C(N[C@@H]1C[C@@H]2CC[C@H]1C2)c1ccc(C2SCC(=O)N2CCc2ccccc2)cc1. The summed E-state index contributed by atoms with van der Waals surface area (Å²) in [6.45, 7) is 0.715. The Kier molecular flexibility index (Phi) is 5.55. The summed E-state index contributed by atoms with van der Waals surface area (Å²) in [4.78, 5) is 27.1. The molecule has 1 unspecified atom stereocenters. The zero-order valence-corrected chi connectivity index (χ0v) is 17.9. The highest BCUT2D eigenvalue weighted by atomic mass is 32.2. The molecule has 0 aromatic heterocycles. The molecule has 156 valence electrons. The van der Waals surface area contributed by atoms with E-state index in [-0.39, 0.29) is 17.2 Å². The topological polar surface area (TPSA) is 49.4 Å².